The lowest BCUT2D eigenvalue weighted by Crippen LogP contribution is -2.32. The van der Waals surface area contributed by atoms with Crippen LogP contribution in [0.1, 0.15) is 19.8 Å². The van der Waals surface area contributed by atoms with Gasteiger partial charge in [0.05, 0.1) is 0 Å². The zero-order chi connectivity index (χ0) is 10.2. The molecule has 0 aromatic carbocycles. The molecule has 0 aromatic rings. The second-order valence-electron chi connectivity index (χ2n) is 3.37. The Labute approximate surface area is 86.3 Å². The second-order valence-corrected chi connectivity index (χ2v) is 3.37. The van der Waals surface area contributed by atoms with Crippen molar-refractivity contribution >= 4 is 0 Å². The molecule has 1 fully saturated rings. The number of hydrogen-bond acceptors (Lipinski definition) is 2. The van der Waals surface area contributed by atoms with Crippen molar-refractivity contribution in [2.24, 2.45) is 0 Å². The second kappa shape index (κ2) is 6.44. The van der Waals surface area contributed by atoms with E-state index in [0.717, 1.165) is 31.7 Å². The summed E-state index contributed by atoms with van der Waals surface area (Å²) >= 11 is 0. The number of hydrogen-bond donors (Lipinski definition) is 1. The highest BCUT2D eigenvalue weighted by Gasteiger charge is 2.13. The SMILES string of the molecule is C=C/C(=C\C=C/C)OC1CCNCC1. The van der Waals surface area contributed by atoms with Gasteiger partial charge in [-0.05, 0) is 45.0 Å². The number of piperidine rings is 1. The van der Waals surface area contributed by atoms with Gasteiger partial charge >= 0.3 is 0 Å². The Balaban J connectivity index is 2.42. The lowest BCUT2D eigenvalue weighted by molar-refractivity contribution is 0.0961. The average molecular weight is 193 g/mol. The Morgan fingerprint density at radius 1 is 1.43 bits per heavy atom. The highest BCUT2D eigenvalue weighted by atomic mass is 16.5. The summed E-state index contributed by atoms with van der Waals surface area (Å²) in [6.07, 6.45) is 10.2. The quantitative estimate of drug-likeness (QED) is 0.547. The van der Waals surface area contributed by atoms with Gasteiger partial charge in [-0.15, -0.1) is 0 Å². The first kappa shape index (κ1) is 11.1. The maximum Gasteiger partial charge on any atom is 0.119 e. The summed E-state index contributed by atoms with van der Waals surface area (Å²) in [6.45, 7) is 7.83. The molecule has 14 heavy (non-hydrogen) atoms. The molecule has 1 heterocycles. The van der Waals surface area contributed by atoms with Crippen molar-refractivity contribution in [1.82, 2.24) is 5.32 Å². The van der Waals surface area contributed by atoms with Gasteiger partial charge in [-0.3, -0.25) is 0 Å². The molecule has 1 aliphatic heterocycles. The topological polar surface area (TPSA) is 21.3 Å². The van der Waals surface area contributed by atoms with E-state index in [2.05, 4.69) is 11.9 Å². The van der Waals surface area contributed by atoms with Crippen molar-refractivity contribution in [2.45, 2.75) is 25.9 Å². The molecule has 0 amide bonds. The third kappa shape index (κ3) is 3.79. The number of allylic oxidation sites excluding steroid dienone is 4. The lowest BCUT2D eigenvalue weighted by atomic mass is 10.1. The largest absolute Gasteiger partial charge is 0.490 e. The molecule has 0 atom stereocenters. The summed E-state index contributed by atoms with van der Waals surface area (Å²) in [5, 5.41) is 3.31. The van der Waals surface area contributed by atoms with E-state index in [1.165, 1.54) is 0 Å². The third-order valence-corrected chi connectivity index (χ3v) is 2.24. The van der Waals surface area contributed by atoms with E-state index in [9.17, 15) is 0 Å². The van der Waals surface area contributed by atoms with Gasteiger partial charge in [0.15, 0.2) is 0 Å². The molecular formula is C12H19NO. The smallest absolute Gasteiger partial charge is 0.119 e. The van der Waals surface area contributed by atoms with E-state index >= 15 is 0 Å². The van der Waals surface area contributed by atoms with Crippen LogP contribution in [-0.4, -0.2) is 19.2 Å². The first-order valence-corrected chi connectivity index (χ1v) is 5.19. The first-order chi connectivity index (χ1) is 6.86. The molecule has 0 aromatic heterocycles. The number of ether oxygens (including phenoxy) is 1. The maximum atomic E-state index is 5.79. The lowest BCUT2D eigenvalue weighted by Gasteiger charge is -2.24. The number of rotatable bonds is 4. The van der Waals surface area contributed by atoms with Crippen molar-refractivity contribution in [2.75, 3.05) is 13.1 Å². The fourth-order valence-corrected chi connectivity index (χ4v) is 1.45. The van der Waals surface area contributed by atoms with Crippen molar-refractivity contribution in [3.05, 3.63) is 36.6 Å². The fraction of sp³-hybridized carbons (Fsp3) is 0.500. The van der Waals surface area contributed by atoms with E-state index in [0.29, 0.717) is 6.10 Å². The fourth-order valence-electron chi connectivity index (χ4n) is 1.45. The zero-order valence-electron chi connectivity index (χ0n) is 8.83. The highest BCUT2D eigenvalue weighted by Crippen LogP contribution is 2.12. The van der Waals surface area contributed by atoms with Gasteiger partial charge in [0.25, 0.3) is 0 Å². The summed E-state index contributed by atoms with van der Waals surface area (Å²) in [7, 11) is 0. The van der Waals surface area contributed by atoms with Gasteiger partial charge in [0.2, 0.25) is 0 Å². The van der Waals surface area contributed by atoms with Crippen molar-refractivity contribution < 1.29 is 4.74 Å². The van der Waals surface area contributed by atoms with E-state index in [1.54, 1.807) is 6.08 Å². The van der Waals surface area contributed by atoms with Gasteiger partial charge in [-0.2, -0.15) is 0 Å². The van der Waals surface area contributed by atoms with E-state index in [-0.39, 0.29) is 0 Å². The Kier molecular flexibility index (Phi) is 5.08. The van der Waals surface area contributed by atoms with Gasteiger partial charge in [0.1, 0.15) is 11.9 Å². The molecule has 2 nitrogen and oxygen atoms in total. The van der Waals surface area contributed by atoms with E-state index in [4.69, 9.17) is 4.74 Å². The molecule has 2 heteroatoms. The zero-order valence-corrected chi connectivity index (χ0v) is 8.83. The molecule has 78 valence electrons. The summed E-state index contributed by atoms with van der Waals surface area (Å²) in [4.78, 5) is 0. The molecule has 0 spiro atoms. The number of nitrogens with one attached hydrogen (secondary N) is 1. The molecule has 1 rings (SSSR count). The third-order valence-electron chi connectivity index (χ3n) is 2.24. The Morgan fingerprint density at radius 3 is 2.71 bits per heavy atom. The Hall–Kier alpha value is -1.02. The van der Waals surface area contributed by atoms with Gasteiger partial charge in [-0.1, -0.05) is 18.7 Å². The summed E-state index contributed by atoms with van der Waals surface area (Å²) < 4.78 is 5.79. The molecule has 1 aliphatic rings. The standard InChI is InChI=1S/C12H19NO/c1-3-5-6-11(4-2)14-12-7-9-13-10-8-12/h3-6,12-13H,2,7-10H2,1H3/b5-3-,11-6+. The van der Waals surface area contributed by atoms with E-state index in [1.807, 2.05) is 25.2 Å². The summed E-state index contributed by atoms with van der Waals surface area (Å²) in [5.41, 5.74) is 0. The maximum absolute atomic E-state index is 5.79. The van der Waals surface area contributed by atoms with Crippen LogP contribution in [0.15, 0.2) is 36.6 Å². The van der Waals surface area contributed by atoms with Crippen molar-refractivity contribution in [3.8, 4) is 0 Å². The normalized spacial score (nSPS) is 19.9. The molecule has 0 unspecified atom stereocenters. The van der Waals surface area contributed by atoms with Crippen LogP contribution in [0, 0.1) is 0 Å². The van der Waals surface area contributed by atoms with Crippen LogP contribution in [0.2, 0.25) is 0 Å². The minimum atomic E-state index is 0.353. The van der Waals surface area contributed by atoms with Crippen molar-refractivity contribution in [3.63, 3.8) is 0 Å². The van der Waals surface area contributed by atoms with Gasteiger partial charge < -0.3 is 10.1 Å². The van der Waals surface area contributed by atoms with Crippen LogP contribution in [0.25, 0.3) is 0 Å². The minimum Gasteiger partial charge on any atom is -0.490 e. The minimum absolute atomic E-state index is 0.353. The predicted molar refractivity (Wildman–Crippen MR) is 60.1 cm³/mol. The van der Waals surface area contributed by atoms with Crippen molar-refractivity contribution in [1.29, 1.82) is 0 Å². The van der Waals surface area contributed by atoms with Crippen LogP contribution >= 0.6 is 0 Å². The predicted octanol–water partition coefficient (Wildman–Crippen LogP) is 2.40. The van der Waals surface area contributed by atoms with Crippen LogP contribution in [0.3, 0.4) is 0 Å². The molecule has 0 saturated carbocycles. The summed E-state index contributed by atoms with van der Waals surface area (Å²) in [5.74, 6) is 0.870. The molecule has 1 saturated heterocycles. The van der Waals surface area contributed by atoms with Crippen LogP contribution in [0.5, 0.6) is 0 Å². The van der Waals surface area contributed by atoms with Crippen LogP contribution < -0.4 is 5.32 Å². The Bertz CT molecular complexity index is 224. The molecule has 0 aliphatic carbocycles. The van der Waals surface area contributed by atoms with Crippen LogP contribution in [-0.2, 0) is 4.74 Å². The molecule has 0 radical (unpaired) electrons. The van der Waals surface area contributed by atoms with Gasteiger partial charge in [0, 0.05) is 0 Å². The molecular weight excluding hydrogens is 174 g/mol. The Morgan fingerprint density at radius 2 is 2.14 bits per heavy atom. The van der Waals surface area contributed by atoms with E-state index < -0.39 is 0 Å². The first-order valence-electron chi connectivity index (χ1n) is 5.19. The monoisotopic (exact) mass is 193 g/mol. The summed E-state index contributed by atoms with van der Waals surface area (Å²) in [6, 6.07) is 0. The van der Waals surface area contributed by atoms with Gasteiger partial charge in [-0.25, -0.2) is 0 Å². The highest BCUT2D eigenvalue weighted by molar-refractivity contribution is 5.16. The molecule has 0 bridgehead atoms. The average Bonchev–Trinajstić information content (AvgIpc) is 2.25. The van der Waals surface area contributed by atoms with Crippen LogP contribution in [0.4, 0.5) is 0 Å². The molecule has 1 N–H and O–H groups in total.